The summed E-state index contributed by atoms with van der Waals surface area (Å²) in [5.41, 5.74) is 0.248. The fourth-order valence-electron chi connectivity index (χ4n) is 2.86. The molecule has 1 aromatic carbocycles. The lowest BCUT2D eigenvalue weighted by molar-refractivity contribution is -0.135. The van der Waals surface area contributed by atoms with Crippen LogP contribution < -0.4 is 0 Å². The van der Waals surface area contributed by atoms with Crippen LogP contribution in [0.4, 0.5) is 8.78 Å². The maximum atomic E-state index is 13.7. The molecule has 1 fully saturated rings. The number of carbonyl (C=O) groups is 1. The molecule has 0 aliphatic carbocycles. The second-order valence-corrected chi connectivity index (χ2v) is 8.26. The molecule has 0 N–H and O–H groups in total. The van der Waals surface area contributed by atoms with E-state index in [0.717, 1.165) is 12.1 Å². The Morgan fingerprint density at radius 2 is 1.92 bits per heavy atom. The summed E-state index contributed by atoms with van der Waals surface area (Å²) in [6, 6.07) is 3.28. The van der Waals surface area contributed by atoms with E-state index < -0.39 is 21.7 Å². The number of carbonyl (C=O) groups excluding carboxylic acids is 1. The van der Waals surface area contributed by atoms with Gasteiger partial charge in [0, 0.05) is 44.2 Å². The highest BCUT2D eigenvalue weighted by Gasteiger charge is 2.31. The molecule has 1 amide bonds. The summed E-state index contributed by atoms with van der Waals surface area (Å²) < 4.78 is 51.7. The van der Waals surface area contributed by atoms with Crippen LogP contribution in [0.15, 0.2) is 18.2 Å². The van der Waals surface area contributed by atoms with Crippen LogP contribution in [0.25, 0.3) is 0 Å². The number of halogens is 2. The lowest BCUT2D eigenvalue weighted by atomic mass is 9.96. The molecule has 8 heteroatoms. The number of hydrogen-bond donors (Lipinski definition) is 0. The third kappa shape index (κ3) is 4.30. The van der Waals surface area contributed by atoms with E-state index in [0.29, 0.717) is 25.9 Å². The van der Waals surface area contributed by atoms with Crippen LogP contribution in [0.2, 0.25) is 0 Å². The van der Waals surface area contributed by atoms with Crippen LogP contribution in [0.1, 0.15) is 25.3 Å². The van der Waals surface area contributed by atoms with Gasteiger partial charge in [-0.15, -0.1) is 0 Å². The van der Waals surface area contributed by atoms with Gasteiger partial charge in [-0.25, -0.2) is 21.5 Å². The first-order valence-corrected chi connectivity index (χ1v) is 9.52. The zero-order valence-electron chi connectivity index (χ0n) is 13.8. The van der Waals surface area contributed by atoms with Crippen molar-refractivity contribution in [3.05, 3.63) is 35.4 Å². The molecule has 0 radical (unpaired) electrons. The van der Waals surface area contributed by atoms with Crippen LogP contribution in [0.3, 0.4) is 0 Å². The molecule has 134 valence electrons. The van der Waals surface area contributed by atoms with Crippen molar-refractivity contribution in [1.82, 2.24) is 9.21 Å². The number of rotatable bonds is 5. The zero-order valence-corrected chi connectivity index (χ0v) is 14.7. The molecule has 1 aliphatic heterocycles. The van der Waals surface area contributed by atoms with Gasteiger partial charge in [-0.3, -0.25) is 4.79 Å². The zero-order chi connectivity index (χ0) is 17.9. The summed E-state index contributed by atoms with van der Waals surface area (Å²) >= 11 is 0. The fourth-order valence-corrected chi connectivity index (χ4v) is 3.99. The molecule has 0 bridgehead atoms. The van der Waals surface area contributed by atoms with Gasteiger partial charge in [-0.05, 0) is 25.8 Å². The molecule has 1 saturated heterocycles. The first kappa shape index (κ1) is 18.8. The van der Waals surface area contributed by atoms with Gasteiger partial charge in [-0.2, -0.15) is 0 Å². The van der Waals surface area contributed by atoms with E-state index in [1.165, 1.54) is 15.3 Å². The van der Waals surface area contributed by atoms with E-state index in [4.69, 9.17) is 0 Å². The summed E-state index contributed by atoms with van der Waals surface area (Å²) in [4.78, 5) is 13.9. The Labute approximate surface area is 141 Å². The number of nitrogens with zero attached hydrogens (tertiary/aromatic N) is 2. The number of sulfonamides is 1. The Balaban J connectivity index is 1.95. The molecule has 0 saturated carbocycles. The lowest BCUT2D eigenvalue weighted by Crippen LogP contribution is -2.43. The molecule has 0 atom stereocenters. The van der Waals surface area contributed by atoms with E-state index in [9.17, 15) is 22.0 Å². The highest BCUT2D eigenvalue weighted by atomic mass is 32.2. The normalized spacial score (nSPS) is 17.0. The van der Waals surface area contributed by atoms with E-state index in [1.54, 1.807) is 14.0 Å². The van der Waals surface area contributed by atoms with Crippen LogP contribution in [-0.4, -0.2) is 49.4 Å². The van der Waals surface area contributed by atoms with Gasteiger partial charge in [0.25, 0.3) is 0 Å². The molecule has 0 unspecified atom stereocenters. The average molecular weight is 360 g/mol. The van der Waals surface area contributed by atoms with Crippen LogP contribution >= 0.6 is 0 Å². The Kier molecular flexibility index (Phi) is 5.92. The molecule has 1 aliphatic rings. The van der Waals surface area contributed by atoms with Gasteiger partial charge >= 0.3 is 0 Å². The Bertz CT molecular complexity index is 701. The minimum absolute atomic E-state index is 0.0510. The van der Waals surface area contributed by atoms with E-state index in [1.807, 2.05) is 0 Å². The topological polar surface area (TPSA) is 57.7 Å². The van der Waals surface area contributed by atoms with Crippen molar-refractivity contribution < 1.29 is 22.0 Å². The lowest BCUT2D eigenvalue weighted by Gasteiger charge is -2.32. The Morgan fingerprint density at radius 3 is 2.46 bits per heavy atom. The smallest absolute Gasteiger partial charge is 0.225 e. The number of piperidine rings is 1. The van der Waals surface area contributed by atoms with Crippen molar-refractivity contribution in [2.24, 2.45) is 5.92 Å². The van der Waals surface area contributed by atoms with Crippen LogP contribution in [-0.2, 0) is 21.4 Å². The molecular weight excluding hydrogens is 338 g/mol. The minimum Gasteiger partial charge on any atom is -0.341 e. The number of hydrogen-bond acceptors (Lipinski definition) is 3. The Morgan fingerprint density at radius 1 is 1.29 bits per heavy atom. The third-order valence-corrected chi connectivity index (χ3v) is 6.24. The largest absolute Gasteiger partial charge is 0.341 e. The Hall–Kier alpha value is -1.54. The summed E-state index contributed by atoms with van der Waals surface area (Å²) in [6.07, 6.45) is 0.905. The third-order valence-electron chi connectivity index (χ3n) is 4.36. The van der Waals surface area contributed by atoms with Gasteiger partial charge < -0.3 is 4.90 Å². The second kappa shape index (κ2) is 7.57. The molecule has 1 aromatic rings. The van der Waals surface area contributed by atoms with Crippen molar-refractivity contribution in [3.8, 4) is 0 Å². The maximum absolute atomic E-state index is 13.7. The quantitative estimate of drug-likeness (QED) is 0.807. The van der Waals surface area contributed by atoms with E-state index in [-0.39, 0.29) is 29.7 Å². The highest BCUT2D eigenvalue weighted by Crippen LogP contribution is 2.22. The molecule has 2 rings (SSSR count). The van der Waals surface area contributed by atoms with Gasteiger partial charge in [0.05, 0.1) is 5.75 Å². The number of benzene rings is 1. The van der Waals surface area contributed by atoms with Crippen LogP contribution in [0, 0.1) is 17.6 Å². The molecule has 1 heterocycles. The highest BCUT2D eigenvalue weighted by molar-refractivity contribution is 7.89. The minimum atomic E-state index is -3.23. The summed E-state index contributed by atoms with van der Waals surface area (Å²) in [5.74, 6) is -1.71. The SMILES string of the molecule is CCS(=O)(=O)N1CCC(C(=O)N(C)Cc2ccc(F)cc2F)CC1. The predicted molar refractivity (Wildman–Crippen MR) is 86.6 cm³/mol. The predicted octanol–water partition coefficient (Wildman–Crippen LogP) is 1.98. The molecular formula is C16H22F2N2O3S. The van der Waals surface area contributed by atoms with Crippen molar-refractivity contribution in [1.29, 1.82) is 0 Å². The fraction of sp³-hybridized carbons (Fsp3) is 0.562. The van der Waals surface area contributed by atoms with Crippen molar-refractivity contribution >= 4 is 15.9 Å². The maximum Gasteiger partial charge on any atom is 0.225 e. The van der Waals surface area contributed by atoms with Gasteiger partial charge in [0.15, 0.2) is 0 Å². The van der Waals surface area contributed by atoms with Crippen molar-refractivity contribution in [2.75, 3.05) is 25.9 Å². The van der Waals surface area contributed by atoms with Crippen molar-refractivity contribution in [2.45, 2.75) is 26.3 Å². The van der Waals surface area contributed by atoms with Crippen LogP contribution in [0.5, 0.6) is 0 Å². The molecule has 24 heavy (non-hydrogen) atoms. The summed E-state index contributed by atoms with van der Waals surface area (Å²) in [6.45, 7) is 2.30. The second-order valence-electron chi connectivity index (χ2n) is 6.00. The first-order chi connectivity index (χ1) is 11.2. The molecule has 5 nitrogen and oxygen atoms in total. The summed E-state index contributed by atoms with van der Waals surface area (Å²) in [7, 11) is -1.66. The average Bonchev–Trinajstić information content (AvgIpc) is 2.56. The molecule has 0 aromatic heterocycles. The van der Waals surface area contributed by atoms with Gasteiger partial charge in [0.1, 0.15) is 11.6 Å². The standard InChI is InChI=1S/C16H22F2N2O3S/c1-3-24(22,23)20-8-6-12(7-9-20)16(21)19(2)11-13-4-5-14(17)10-15(13)18/h4-5,10,12H,3,6-9,11H2,1-2H3. The summed E-state index contributed by atoms with van der Waals surface area (Å²) in [5, 5.41) is 0. The monoisotopic (exact) mass is 360 g/mol. The van der Waals surface area contributed by atoms with Crippen molar-refractivity contribution in [3.63, 3.8) is 0 Å². The molecule has 0 spiro atoms. The number of amides is 1. The first-order valence-electron chi connectivity index (χ1n) is 7.91. The van der Waals surface area contributed by atoms with Gasteiger partial charge in [0.2, 0.25) is 15.9 Å². The van der Waals surface area contributed by atoms with Gasteiger partial charge in [-0.1, -0.05) is 6.07 Å². The van der Waals surface area contributed by atoms with E-state index in [2.05, 4.69) is 0 Å². The van der Waals surface area contributed by atoms with E-state index >= 15 is 0 Å².